The number of ether oxygens (including phenoxy) is 1. The van der Waals surface area contributed by atoms with Crippen molar-refractivity contribution < 1.29 is 14.1 Å². The van der Waals surface area contributed by atoms with Gasteiger partial charge in [0.1, 0.15) is 11.5 Å². The molecule has 0 spiro atoms. The second kappa shape index (κ2) is 8.00. The van der Waals surface area contributed by atoms with Gasteiger partial charge in [-0.05, 0) is 44.7 Å². The predicted octanol–water partition coefficient (Wildman–Crippen LogP) is 2.11. The monoisotopic (exact) mass is 345 g/mol. The van der Waals surface area contributed by atoms with Crippen LogP contribution in [0.25, 0.3) is 0 Å². The Morgan fingerprint density at radius 3 is 2.88 bits per heavy atom. The molecular formula is C18H23N3O4. The van der Waals surface area contributed by atoms with E-state index in [2.05, 4.69) is 15.5 Å². The van der Waals surface area contributed by atoms with Crippen LogP contribution in [0.4, 0.5) is 0 Å². The van der Waals surface area contributed by atoms with E-state index in [1.54, 1.807) is 6.20 Å². The fourth-order valence-corrected chi connectivity index (χ4v) is 3.08. The van der Waals surface area contributed by atoms with Gasteiger partial charge in [0.15, 0.2) is 0 Å². The van der Waals surface area contributed by atoms with E-state index in [1.165, 1.54) is 6.07 Å². The molecule has 7 heteroatoms. The summed E-state index contributed by atoms with van der Waals surface area (Å²) in [6.07, 6.45) is 6.27. The molecule has 2 N–H and O–H groups in total. The first-order chi connectivity index (χ1) is 12.1. The first-order valence-electron chi connectivity index (χ1n) is 8.65. The van der Waals surface area contributed by atoms with Crippen LogP contribution in [-0.4, -0.2) is 28.2 Å². The van der Waals surface area contributed by atoms with Gasteiger partial charge in [-0.25, -0.2) is 0 Å². The van der Waals surface area contributed by atoms with Gasteiger partial charge in [0.25, 0.3) is 5.56 Å². The summed E-state index contributed by atoms with van der Waals surface area (Å²) in [5.74, 6) is 1.32. The summed E-state index contributed by atoms with van der Waals surface area (Å²) >= 11 is 0. The van der Waals surface area contributed by atoms with E-state index in [0.29, 0.717) is 18.6 Å². The molecule has 1 aliphatic rings. The average molecular weight is 345 g/mol. The molecule has 134 valence electrons. The molecule has 0 saturated heterocycles. The van der Waals surface area contributed by atoms with E-state index in [4.69, 9.17) is 9.26 Å². The molecule has 7 nitrogen and oxygen atoms in total. The highest BCUT2D eigenvalue weighted by atomic mass is 16.5. The maximum Gasteiger partial charge on any atom is 0.280 e. The third-order valence-corrected chi connectivity index (χ3v) is 4.46. The van der Waals surface area contributed by atoms with Gasteiger partial charge in [-0.2, -0.15) is 5.16 Å². The molecule has 2 heterocycles. The number of amides is 1. The predicted molar refractivity (Wildman–Crippen MR) is 91.4 cm³/mol. The van der Waals surface area contributed by atoms with Crippen molar-refractivity contribution >= 4 is 5.91 Å². The molecule has 0 aliphatic heterocycles. The summed E-state index contributed by atoms with van der Waals surface area (Å²) in [5.41, 5.74) is 0.618. The molecule has 0 bridgehead atoms. The molecule has 1 amide bonds. The summed E-state index contributed by atoms with van der Waals surface area (Å²) in [6.45, 7) is 1.94. The molecular weight excluding hydrogens is 322 g/mol. The summed E-state index contributed by atoms with van der Waals surface area (Å²) in [4.78, 5) is 27.2. The van der Waals surface area contributed by atoms with Crippen LogP contribution in [0.3, 0.4) is 0 Å². The number of hydrogen-bond donors (Lipinski definition) is 2. The molecule has 0 aromatic carbocycles. The maximum absolute atomic E-state index is 12.0. The lowest BCUT2D eigenvalue weighted by atomic mass is 9.92. The maximum atomic E-state index is 12.0. The molecule has 2 aromatic rings. The van der Waals surface area contributed by atoms with E-state index in [1.807, 2.05) is 19.1 Å². The molecule has 0 radical (unpaired) electrons. The van der Waals surface area contributed by atoms with Crippen LogP contribution < -0.4 is 15.6 Å². The zero-order chi connectivity index (χ0) is 17.6. The molecule has 0 atom stereocenters. The van der Waals surface area contributed by atoms with E-state index in [9.17, 15) is 9.59 Å². The van der Waals surface area contributed by atoms with Gasteiger partial charge in [-0.15, -0.1) is 0 Å². The van der Waals surface area contributed by atoms with Crippen molar-refractivity contribution in [3.63, 3.8) is 0 Å². The van der Waals surface area contributed by atoms with Crippen molar-refractivity contribution in [3.05, 3.63) is 46.2 Å². The summed E-state index contributed by atoms with van der Waals surface area (Å²) in [7, 11) is 0. The van der Waals surface area contributed by atoms with Crippen LogP contribution in [0.1, 0.15) is 43.6 Å². The fraction of sp³-hybridized carbons (Fsp3) is 0.500. The Hall–Kier alpha value is -2.57. The van der Waals surface area contributed by atoms with Gasteiger partial charge in [0.05, 0.1) is 11.8 Å². The third kappa shape index (κ3) is 4.95. The first-order valence-corrected chi connectivity index (χ1v) is 8.65. The van der Waals surface area contributed by atoms with E-state index >= 15 is 0 Å². The van der Waals surface area contributed by atoms with Crippen LogP contribution in [0.2, 0.25) is 0 Å². The van der Waals surface area contributed by atoms with Crippen molar-refractivity contribution in [2.45, 2.75) is 57.6 Å². The summed E-state index contributed by atoms with van der Waals surface area (Å²) in [5, 5.41) is 5.28. The van der Waals surface area contributed by atoms with Crippen molar-refractivity contribution in [2.75, 3.05) is 0 Å². The van der Waals surface area contributed by atoms with Gasteiger partial charge in [-0.3, -0.25) is 14.6 Å². The number of aromatic nitrogens is 2. The molecule has 1 aliphatic carbocycles. The highest BCUT2D eigenvalue weighted by Crippen LogP contribution is 2.25. The SMILES string of the molecule is Cc1ncccc1OC1CCC(NC(=O)CCc2cc(=O)[nH]o2)CC1. The minimum Gasteiger partial charge on any atom is -0.489 e. The molecule has 1 saturated carbocycles. The minimum atomic E-state index is -0.280. The van der Waals surface area contributed by atoms with Crippen molar-refractivity contribution in [1.29, 1.82) is 0 Å². The van der Waals surface area contributed by atoms with Gasteiger partial charge >= 0.3 is 0 Å². The number of nitrogens with one attached hydrogen (secondary N) is 2. The zero-order valence-electron chi connectivity index (χ0n) is 14.3. The number of nitrogens with zero attached hydrogens (tertiary/aromatic N) is 1. The summed E-state index contributed by atoms with van der Waals surface area (Å²) < 4.78 is 11.0. The minimum absolute atomic E-state index is 0.0173. The lowest BCUT2D eigenvalue weighted by Crippen LogP contribution is -2.39. The van der Waals surface area contributed by atoms with Gasteiger partial charge < -0.3 is 14.6 Å². The van der Waals surface area contributed by atoms with Crippen molar-refractivity contribution in [3.8, 4) is 5.75 Å². The second-order valence-corrected chi connectivity index (χ2v) is 6.42. The highest BCUT2D eigenvalue weighted by Gasteiger charge is 2.24. The fourth-order valence-electron chi connectivity index (χ4n) is 3.08. The molecule has 2 aromatic heterocycles. The number of carbonyl (C=O) groups excluding carboxylic acids is 1. The second-order valence-electron chi connectivity index (χ2n) is 6.42. The largest absolute Gasteiger partial charge is 0.489 e. The van der Waals surface area contributed by atoms with Crippen LogP contribution in [0.15, 0.2) is 33.7 Å². The Bertz CT molecular complexity index is 759. The van der Waals surface area contributed by atoms with Crippen molar-refractivity contribution in [1.82, 2.24) is 15.5 Å². The van der Waals surface area contributed by atoms with E-state index < -0.39 is 0 Å². The highest BCUT2D eigenvalue weighted by molar-refractivity contribution is 5.76. The summed E-state index contributed by atoms with van der Waals surface area (Å²) in [6, 6.07) is 5.37. The van der Waals surface area contributed by atoms with Crippen LogP contribution in [-0.2, 0) is 11.2 Å². The lowest BCUT2D eigenvalue weighted by molar-refractivity contribution is -0.122. The first kappa shape index (κ1) is 17.3. The quantitative estimate of drug-likeness (QED) is 0.836. The normalized spacial score (nSPS) is 20.2. The Labute approximate surface area is 145 Å². The number of aromatic amines is 1. The number of H-pyrrole nitrogens is 1. The number of aryl methyl sites for hydroxylation is 2. The topological polar surface area (TPSA) is 97.2 Å². The number of rotatable bonds is 6. The van der Waals surface area contributed by atoms with Crippen LogP contribution >= 0.6 is 0 Å². The molecule has 25 heavy (non-hydrogen) atoms. The Morgan fingerprint density at radius 2 is 2.20 bits per heavy atom. The number of carbonyl (C=O) groups is 1. The smallest absolute Gasteiger partial charge is 0.280 e. The van der Waals surface area contributed by atoms with Crippen LogP contribution in [0.5, 0.6) is 5.75 Å². The lowest BCUT2D eigenvalue weighted by Gasteiger charge is -2.29. The average Bonchev–Trinajstić information content (AvgIpc) is 3.02. The van der Waals surface area contributed by atoms with E-state index in [0.717, 1.165) is 37.1 Å². The Balaban J connectivity index is 1.39. The molecule has 0 unspecified atom stereocenters. The number of pyridine rings is 1. The van der Waals surface area contributed by atoms with Gasteiger partial charge in [0.2, 0.25) is 5.91 Å². The van der Waals surface area contributed by atoms with Gasteiger partial charge in [-0.1, -0.05) is 0 Å². The molecule has 3 rings (SSSR count). The molecule has 1 fully saturated rings. The zero-order valence-corrected chi connectivity index (χ0v) is 14.3. The van der Waals surface area contributed by atoms with Crippen molar-refractivity contribution in [2.24, 2.45) is 0 Å². The standard InChI is InChI=1S/C18H23N3O4/c1-12-16(3-2-10-19-12)24-14-6-4-13(5-7-14)20-17(22)9-8-15-11-18(23)21-25-15/h2-3,10-11,13-14H,4-9H2,1H3,(H,20,22)(H,21,23). The third-order valence-electron chi connectivity index (χ3n) is 4.46. The Kier molecular flexibility index (Phi) is 5.53. The van der Waals surface area contributed by atoms with E-state index in [-0.39, 0.29) is 23.6 Å². The van der Waals surface area contributed by atoms with Gasteiger partial charge in [0, 0.05) is 31.1 Å². The Morgan fingerprint density at radius 1 is 1.40 bits per heavy atom. The number of hydrogen-bond acceptors (Lipinski definition) is 5. The van der Waals surface area contributed by atoms with Crippen LogP contribution in [0, 0.1) is 6.92 Å².